The lowest BCUT2D eigenvalue weighted by Gasteiger charge is -2.21. The highest BCUT2D eigenvalue weighted by molar-refractivity contribution is 5.75. The summed E-state index contributed by atoms with van der Waals surface area (Å²) in [4.78, 5) is 13.8. The van der Waals surface area contributed by atoms with Crippen molar-refractivity contribution in [1.82, 2.24) is 14.7 Å². The largest absolute Gasteiger partial charge is 0.435 e. The Labute approximate surface area is 132 Å². The van der Waals surface area contributed by atoms with Crippen LogP contribution in [0.25, 0.3) is 0 Å². The van der Waals surface area contributed by atoms with E-state index in [9.17, 15) is 18.0 Å². The number of benzene rings is 1. The first-order valence-corrected chi connectivity index (χ1v) is 7.32. The van der Waals surface area contributed by atoms with Gasteiger partial charge < -0.3 is 4.90 Å². The number of rotatable bonds is 6. The number of halogens is 3. The summed E-state index contributed by atoms with van der Waals surface area (Å²) >= 11 is 0. The monoisotopic (exact) mass is 325 g/mol. The van der Waals surface area contributed by atoms with Gasteiger partial charge in [-0.15, -0.1) is 0 Å². The fraction of sp³-hybridized carbons (Fsp3) is 0.375. The van der Waals surface area contributed by atoms with Gasteiger partial charge in [-0.2, -0.15) is 18.3 Å². The Morgan fingerprint density at radius 1 is 1.22 bits per heavy atom. The van der Waals surface area contributed by atoms with Gasteiger partial charge in [0, 0.05) is 19.3 Å². The molecule has 2 aromatic rings. The third-order valence-corrected chi connectivity index (χ3v) is 3.48. The molecule has 0 aliphatic carbocycles. The van der Waals surface area contributed by atoms with Crippen LogP contribution in [0.1, 0.15) is 18.2 Å². The molecular weight excluding hydrogens is 307 g/mol. The van der Waals surface area contributed by atoms with Gasteiger partial charge in [-0.05, 0) is 25.0 Å². The Bertz CT molecular complexity index is 638. The average Bonchev–Trinajstić information content (AvgIpc) is 2.97. The number of likely N-dealkylation sites (N-methyl/N-ethyl adjacent to an activating group) is 1. The van der Waals surface area contributed by atoms with Crippen LogP contribution in [0.5, 0.6) is 0 Å². The molecule has 23 heavy (non-hydrogen) atoms. The second kappa shape index (κ2) is 7.30. The molecule has 0 aliphatic heterocycles. The number of hydrogen-bond acceptors (Lipinski definition) is 2. The van der Waals surface area contributed by atoms with Gasteiger partial charge in [0.2, 0.25) is 5.91 Å². The summed E-state index contributed by atoms with van der Waals surface area (Å²) in [7, 11) is 0. The summed E-state index contributed by atoms with van der Waals surface area (Å²) in [5.74, 6) is -0.250. The lowest BCUT2D eigenvalue weighted by atomic mass is 10.1. The first-order valence-electron chi connectivity index (χ1n) is 7.32. The standard InChI is InChI=1S/C16H18F3N3O/c1-2-21(10-8-13-6-4-3-5-7-13)15(23)12-22-11-9-14(20-22)16(17,18)19/h3-7,9,11H,2,8,10,12H2,1H3. The smallest absolute Gasteiger partial charge is 0.341 e. The molecule has 0 saturated heterocycles. The van der Waals surface area contributed by atoms with Gasteiger partial charge in [0.05, 0.1) is 0 Å². The third kappa shape index (κ3) is 4.84. The normalized spacial score (nSPS) is 11.5. The van der Waals surface area contributed by atoms with E-state index in [0.717, 1.165) is 16.3 Å². The lowest BCUT2D eigenvalue weighted by molar-refractivity contribution is -0.142. The summed E-state index contributed by atoms with van der Waals surface area (Å²) in [6.07, 6.45) is -2.62. The molecular formula is C16H18F3N3O. The SMILES string of the molecule is CCN(CCc1ccccc1)C(=O)Cn1ccc(C(F)(F)F)n1. The van der Waals surface area contributed by atoms with Crippen molar-refractivity contribution in [2.24, 2.45) is 0 Å². The first-order chi connectivity index (χ1) is 10.9. The maximum Gasteiger partial charge on any atom is 0.435 e. The van der Waals surface area contributed by atoms with E-state index in [-0.39, 0.29) is 12.5 Å². The number of carbonyl (C=O) groups excluding carboxylic acids is 1. The Morgan fingerprint density at radius 3 is 2.48 bits per heavy atom. The molecule has 1 aromatic carbocycles. The highest BCUT2D eigenvalue weighted by Gasteiger charge is 2.33. The molecule has 1 heterocycles. The topological polar surface area (TPSA) is 38.1 Å². The molecule has 0 unspecified atom stereocenters. The van der Waals surface area contributed by atoms with Crippen molar-refractivity contribution in [1.29, 1.82) is 0 Å². The number of aromatic nitrogens is 2. The van der Waals surface area contributed by atoms with Crippen molar-refractivity contribution in [3.63, 3.8) is 0 Å². The molecule has 7 heteroatoms. The number of alkyl halides is 3. The maximum absolute atomic E-state index is 12.5. The van der Waals surface area contributed by atoms with Crippen LogP contribution < -0.4 is 0 Å². The zero-order chi connectivity index (χ0) is 16.9. The Kier molecular flexibility index (Phi) is 5.41. The maximum atomic E-state index is 12.5. The van der Waals surface area contributed by atoms with Crippen LogP contribution >= 0.6 is 0 Å². The molecule has 0 bridgehead atoms. The van der Waals surface area contributed by atoms with Gasteiger partial charge in [0.25, 0.3) is 0 Å². The summed E-state index contributed by atoms with van der Waals surface area (Å²) in [6, 6.07) is 10.6. The Hall–Kier alpha value is -2.31. The van der Waals surface area contributed by atoms with Crippen molar-refractivity contribution in [2.75, 3.05) is 13.1 Å². The number of hydrogen-bond donors (Lipinski definition) is 0. The van der Waals surface area contributed by atoms with Crippen molar-refractivity contribution < 1.29 is 18.0 Å². The van der Waals surface area contributed by atoms with Crippen LogP contribution in [0.3, 0.4) is 0 Å². The predicted octanol–water partition coefficient (Wildman–Crippen LogP) is 2.99. The molecule has 0 saturated carbocycles. The number of amides is 1. The molecule has 0 radical (unpaired) electrons. The zero-order valence-electron chi connectivity index (χ0n) is 12.8. The number of nitrogens with zero attached hydrogens (tertiary/aromatic N) is 3. The highest BCUT2D eigenvalue weighted by atomic mass is 19.4. The minimum atomic E-state index is -4.49. The van der Waals surface area contributed by atoms with Crippen LogP contribution in [-0.4, -0.2) is 33.7 Å². The second-order valence-corrected chi connectivity index (χ2v) is 5.11. The minimum absolute atomic E-state index is 0.196. The van der Waals surface area contributed by atoms with Crippen molar-refractivity contribution in [2.45, 2.75) is 26.1 Å². The highest BCUT2D eigenvalue weighted by Crippen LogP contribution is 2.27. The van der Waals surface area contributed by atoms with Gasteiger partial charge in [-0.1, -0.05) is 30.3 Å². The molecule has 0 spiro atoms. The van der Waals surface area contributed by atoms with E-state index in [1.54, 1.807) is 4.90 Å². The van der Waals surface area contributed by atoms with Gasteiger partial charge >= 0.3 is 6.18 Å². The molecule has 1 amide bonds. The van der Waals surface area contributed by atoms with Gasteiger partial charge in [0.1, 0.15) is 6.54 Å². The van der Waals surface area contributed by atoms with E-state index in [1.807, 2.05) is 37.3 Å². The molecule has 0 atom stereocenters. The van der Waals surface area contributed by atoms with Gasteiger partial charge in [-0.3, -0.25) is 9.48 Å². The molecule has 1 aromatic heterocycles. The van der Waals surface area contributed by atoms with Gasteiger partial charge in [-0.25, -0.2) is 0 Å². The second-order valence-electron chi connectivity index (χ2n) is 5.11. The Morgan fingerprint density at radius 2 is 1.91 bits per heavy atom. The molecule has 124 valence electrons. The fourth-order valence-corrected chi connectivity index (χ4v) is 2.21. The lowest BCUT2D eigenvalue weighted by Crippen LogP contribution is -2.35. The summed E-state index contributed by atoms with van der Waals surface area (Å²) in [6.45, 7) is 2.66. The van der Waals surface area contributed by atoms with E-state index in [1.165, 1.54) is 6.20 Å². The fourth-order valence-electron chi connectivity index (χ4n) is 2.21. The predicted molar refractivity (Wildman–Crippen MR) is 79.6 cm³/mol. The van der Waals surface area contributed by atoms with E-state index >= 15 is 0 Å². The average molecular weight is 325 g/mol. The number of carbonyl (C=O) groups is 1. The van der Waals surface area contributed by atoms with E-state index in [4.69, 9.17) is 0 Å². The molecule has 0 N–H and O–H groups in total. The first kappa shape index (κ1) is 17.1. The van der Waals surface area contributed by atoms with Crippen molar-refractivity contribution in [3.8, 4) is 0 Å². The van der Waals surface area contributed by atoms with E-state index < -0.39 is 11.9 Å². The quantitative estimate of drug-likeness (QED) is 0.819. The van der Waals surface area contributed by atoms with Crippen LogP contribution in [0.4, 0.5) is 13.2 Å². The van der Waals surface area contributed by atoms with Gasteiger partial charge in [0.15, 0.2) is 5.69 Å². The van der Waals surface area contributed by atoms with Crippen molar-refractivity contribution in [3.05, 3.63) is 53.9 Å². The third-order valence-electron chi connectivity index (χ3n) is 3.48. The van der Waals surface area contributed by atoms with Crippen LogP contribution in [0.15, 0.2) is 42.6 Å². The van der Waals surface area contributed by atoms with Crippen LogP contribution in [-0.2, 0) is 23.9 Å². The van der Waals surface area contributed by atoms with Crippen LogP contribution in [0.2, 0.25) is 0 Å². The van der Waals surface area contributed by atoms with Crippen LogP contribution in [0, 0.1) is 0 Å². The molecule has 2 rings (SSSR count). The Balaban J connectivity index is 1.93. The molecule has 0 aliphatic rings. The molecule has 4 nitrogen and oxygen atoms in total. The summed E-state index contributed by atoms with van der Waals surface area (Å²) in [5, 5.41) is 3.40. The molecule has 0 fully saturated rings. The van der Waals surface area contributed by atoms with Crippen molar-refractivity contribution >= 4 is 5.91 Å². The van der Waals surface area contributed by atoms with E-state index in [0.29, 0.717) is 19.5 Å². The summed E-state index contributed by atoms with van der Waals surface area (Å²) in [5.41, 5.74) is 0.120. The zero-order valence-corrected chi connectivity index (χ0v) is 12.8. The van der Waals surface area contributed by atoms with E-state index in [2.05, 4.69) is 5.10 Å². The summed E-state index contributed by atoms with van der Waals surface area (Å²) < 4.78 is 38.5. The minimum Gasteiger partial charge on any atom is -0.341 e.